The van der Waals surface area contributed by atoms with Gasteiger partial charge in [-0.3, -0.25) is 0 Å². The summed E-state index contributed by atoms with van der Waals surface area (Å²) in [6.45, 7) is 1.78. The van der Waals surface area contributed by atoms with Crippen molar-refractivity contribution in [2.75, 3.05) is 0 Å². The van der Waals surface area contributed by atoms with E-state index in [1.807, 2.05) is 0 Å². The molecule has 1 aromatic carbocycles. The van der Waals surface area contributed by atoms with Crippen LogP contribution in [0, 0.1) is 12.7 Å². The third-order valence-corrected chi connectivity index (χ3v) is 3.84. The maximum Gasteiger partial charge on any atom is 0.127 e. The Hall–Kier alpha value is -0.850. The van der Waals surface area contributed by atoms with Gasteiger partial charge in [0.1, 0.15) is 5.82 Å². The molecular formula is C11H10BrFN2OS. The number of aryl methyl sites for hydroxylation is 1. The third-order valence-electron chi connectivity index (χ3n) is 2.42. The van der Waals surface area contributed by atoms with Gasteiger partial charge in [0.15, 0.2) is 0 Å². The Bertz CT molecular complexity index is 532. The molecule has 3 nitrogen and oxygen atoms in total. The topological polar surface area (TPSA) is 46.0 Å². The van der Waals surface area contributed by atoms with E-state index in [1.54, 1.807) is 19.1 Å². The van der Waals surface area contributed by atoms with Crippen LogP contribution in [-0.4, -0.2) is 14.7 Å². The summed E-state index contributed by atoms with van der Waals surface area (Å²) in [7, 11) is 0. The van der Waals surface area contributed by atoms with Gasteiger partial charge in [0, 0.05) is 10.9 Å². The first-order valence-electron chi connectivity index (χ1n) is 4.98. The van der Waals surface area contributed by atoms with Crippen LogP contribution in [0.3, 0.4) is 0 Å². The molecule has 0 amide bonds. The molecule has 1 unspecified atom stereocenters. The Morgan fingerprint density at radius 1 is 1.53 bits per heavy atom. The number of rotatable bonds is 3. The zero-order valence-corrected chi connectivity index (χ0v) is 11.4. The first-order valence-corrected chi connectivity index (χ1v) is 6.55. The highest BCUT2D eigenvalue weighted by atomic mass is 79.9. The summed E-state index contributed by atoms with van der Waals surface area (Å²) < 4.78 is 18.0. The smallest absolute Gasteiger partial charge is 0.127 e. The van der Waals surface area contributed by atoms with Crippen molar-refractivity contribution in [3.8, 4) is 0 Å². The minimum atomic E-state index is -0.759. The maximum absolute atomic E-state index is 13.6. The summed E-state index contributed by atoms with van der Waals surface area (Å²) in [5.74, 6) is -0.325. The number of benzene rings is 1. The van der Waals surface area contributed by atoms with Gasteiger partial charge in [-0.25, -0.2) is 4.39 Å². The Morgan fingerprint density at radius 2 is 2.29 bits per heavy atom. The first kappa shape index (κ1) is 12.6. The predicted molar refractivity (Wildman–Crippen MR) is 67.4 cm³/mol. The van der Waals surface area contributed by atoms with E-state index >= 15 is 0 Å². The third kappa shape index (κ3) is 2.88. The fourth-order valence-corrected chi connectivity index (χ4v) is 2.49. The molecule has 0 saturated carbocycles. The van der Waals surface area contributed by atoms with Gasteiger partial charge < -0.3 is 5.11 Å². The molecule has 6 heteroatoms. The van der Waals surface area contributed by atoms with Gasteiger partial charge in [-0.05, 0) is 36.2 Å². The van der Waals surface area contributed by atoms with Crippen LogP contribution >= 0.6 is 27.5 Å². The number of nitrogens with zero attached hydrogens (tertiary/aromatic N) is 2. The number of aliphatic hydroxyl groups excluding tert-OH is 1. The van der Waals surface area contributed by atoms with E-state index in [2.05, 4.69) is 25.5 Å². The normalized spacial score (nSPS) is 12.7. The van der Waals surface area contributed by atoms with Gasteiger partial charge in [-0.15, -0.1) is 5.10 Å². The molecule has 0 aliphatic carbocycles. The van der Waals surface area contributed by atoms with Crippen molar-refractivity contribution < 1.29 is 9.50 Å². The van der Waals surface area contributed by atoms with Crippen LogP contribution in [0.15, 0.2) is 22.7 Å². The van der Waals surface area contributed by atoms with Crippen molar-refractivity contribution in [2.45, 2.75) is 19.4 Å². The van der Waals surface area contributed by atoms with Crippen LogP contribution in [-0.2, 0) is 6.42 Å². The molecule has 0 radical (unpaired) electrons. The summed E-state index contributed by atoms with van der Waals surface area (Å²) in [6, 6.07) is 4.80. The molecule has 0 fully saturated rings. The van der Waals surface area contributed by atoms with E-state index in [4.69, 9.17) is 0 Å². The van der Waals surface area contributed by atoms with E-state index in [1.165, 1.54) is 6.07 Å². The second-order valence-corrected chi connectivity index (χ2v) is 5.38. The molecular weight excluding hydrogens is 307 g/mol. The fourth-order valence-electron chi connectivity index (χ4n) is 1.53. The van der Waals surface area contributed by atoms with Gasteiger partial charge in [-0.1, -0.05) is 26.5 Å². The van der Waals surface area contributed by atoms with Gasteiger partial charge in [0.25, 0.3) is 0 Å². The average Bonchev–Trinajstić information content (AvgIpc) is 2.68. The van der Waals surface area contributed by atoms with Crippen LogP contribution in [0.4, 0.5) is 4.39 Å². The van der Waals surface area contributed by atoms with Gasteiger partial charge in [0.2, 0.25) is 0 Å². The van der Waals surface area contributed by atoms with Crippen LogP contribution in [0.5, 0.6) is 0 Å². The second kappa shape index (κ2) is 5.20. The molecule has 0 saturated heterocycles. The average molecular weight is 317 g/mol. The zero-order valence-electron chi connectivity index (χ0n) is 9.02. The van der Waals surface area contributed by atoms with Crippen molar-refractivity contribution in [2.24, 2.45) is 0 Å². The predicted octanol–water partition coefficient (Wildman–Crippen LogP) is 3.02. The highest BCUT2D eigenvalue weighted by molar-refractivity contribution is 9.10. The monoisotopic (exact) mass is 316 g/mol. The quantitative estimate of drug-likeness (QED) is 0.946. The molecule has 17 heavy (non-hydrogen) atoms. The molecule has 0 bridgehead atoms. The lowest BCUT2D eigenvalue weighted by atomic mass is 10.1. The summed E-state index contributed by atoms with van der Waals surface area (Å²) in [4.78, 5) is 0.687. The summed E-state index contributed by atoms with van der Waals surface area (Å²) in [6.07, 6.45) is -0.533. The largest absolute Gasteiger partial charge is 0.387 e. The summed E-state index contributed by atoms with van der Waals surface area (Å²) in [5, 5.41) is 13.8. The van der Waals surface area contributed by atoms with E-state index in [-0.39, 0.29) is 12.2 Å². The van der Waals surface area contributed by atoms with E-state index in [0.29, 0.717) is 20.6 Å². The number of aromatic nitrogens is 2. The molecule has 2 rings (SSSR count). The summed E-state index contributed by atoms with van der Waals surface area (Å²) >= 11 is 4.34. The van der Waals surface area contributed by atoms with Gasteiger partial charge in [-0.2, -0.15) is 0 Å². The van der Waals surface area contributed by atoms with E-state index in [9.17, 15) is 9.50 Å². The van der Waals surface area contributed by atoms with Crippen molar-refractivity contribution in [1.29, 1.82) is 0 Å². The highest BCUT2D eigenvalue weighted by Gasteiger charge is 2.16. The van der Waals surface area contributed by atoms with Gasteiger partial charge in [0.05, 0.1) is 16.7 Å². The SMILES string of the molecule is Cc1nnsc1C(O)Cc1ccc(Br)cc1F. The molecule has 0 aliphatic heterocycles. The van der Waals surface area contributed by atoms with Crippen LogP contribution in [0.2, 0.25) is 0 Å². The van der Waals surface area contributed by atoms with Crippen LogP contribution < -0.4 is 0 Å². The summed E-state index contributed by atoms with van der Waals surface area (Å²) in [5.41, 5.74) is 1.17. The van der Waals surface area contributed by atoms with Crippen LogP contribution in [0.1, 0.15) is 22.2 Å². The number of hydrogen-bond donors (Lipinski definition) is 1. The molecule has 0 spiro atoms. The Morgan fingerprint density at radius 3 is 2.88 bits per heavy atom. The first-order chi connectivity index (χ1) is 8.08. The molecule has 0 aliphatic rings. The Balaban J connectivity index is 2.19. The van der Waals surface area contributed by atoms with E-state index in [0.717, 1.165) is 11.5 Å². The number of halogens is 2. The fraction of sp³-hybridized carbons (Fsp3) is 0.273. The molecule has 1 atom stereocenters. The van der Waals surface area contributed by atoms with Crippen molar-refractivity contribution in [3.63, 3.8) is 0 Å². The lowest BCUT2D eigenvalue weighted by Gasteiger charge is -2.09. The van der Waals surface area contributed by atoms with Crippen molar-refractivity contribution in [3.05, 3.63) is 44.6 Å². The second-order valence-electron chi connectivity index (χ2n) is 3.68. The molecule has 90 valence electrons. The lowest BCUT2D eigenvalue weighted by molar-refractivity contribution is 0.180. The molecule has 1 N–H and O–H groups in total. The number of hydrogen-bond acceptors (Lipinski definition) is 4. The van der Waals surface area contributed by atoms with Crippen molar-refractivity contribution in [1.82, 2.24) is 9.59 Å². The minimum Gasteiger partial charge on any atom is -0.387 e. The van der Waals surface area contributed by atoms with Crippen molar-refractivity contribution >= 4 is 27.5 Å². The Labute approximate surface area is 111 Å². The molecule has 1 heterocycles. The minimum absolute atomic E-state index is 0.226. The maximum atomic E-state index is 13.6. The molecule has 2 aromatic rings. The highest BCUT2D eigenvalue weighted by Crippen LogP contribution is 2.25. The molecule has 1 aromatic heterocycles. The Kier molecular flexibility index (Phi) is 3.86. The van der Waals surface area contributed by atoms with Crippen LogP contribution in [0.25, 0.3) is 0 Å². The standard InChI is InChI=1S/C11H10BrFN2OS/c1-6-11(17-15-14-6)10(16)4-7-2-3-8(12)5-9(7)13/h2-3,5,10,16H,4H2,1H3. The van der Waals surface area contributed by atoms with E-state index < -0.39 is 6.10 Å². The van der Waals surface area contributed by atoms with Gasteiger partial charge >= 0.3 is 0 Å². The lowest BCUT2D eigenvalue weighted by Crippen LogP contribution is -2.03. The number of aliphatic hydroxyl groups is 1. The zero-order chi connectivity index (χ0) is 12.4.